The molecule has 0 saturated heterocycles. The monoisotopic (exact) mass is 305 g/mol. The van der Waals surface area contributed by atoms with E-state index >= 15 is 0 Å². The fourth-order valence-electron chi connectivity index (χ4n) is 1.73. The van der Waals surface area contributed by atoms with Crippen LogP contribution in [-0.2, 0) is 0 Å². The Labute approximate surface area is 126 Å². The molecule has 0 saturated carbocycles. The zero-order valence-electron chi connectivity index (χ0n) is 11.8. The lowest BCUT2D eigenvalue weighted by molar-refractivity contribution is -0.130. The number of halogens is 3. The maximum Gasteiger partial charge on any atom is 0.420 e. The highest BCUT2D eigenvalue weighted by molar-refractivity contribution is 5.49. The number of hydrogen-bond donors (Lipinski definition) is 1. The van der Waals surface area contributed by atoms with E-state index in [1.54, 1.807) is 42.5 Å². The van der Waals surface area contributed by atoms with Crippen molar-refractivity contribution in [1.29, 1.82) is 0 Å². The van der Waals surface area contributed by atoms with Crippen LogP contribution in [0.25, 0.3) is 0 Å². The third-order valence-electron chi connectivity index (χ3n) is 2.86. The quantitative estimate of drug-likeness (QED) is 0.862. The molecule has 0 bridgehead atoms. The van der Waals surface area contributed by atoms with Crippen molar-refractivity contribution in [2.45, 2.75) is 12.2 Å². The molecule has 2 aromatic rings. The Kier molecular flexibility index (Phi) is 4.95. The molecule has 0 aliphatic heterocycles. The molecule has 5 heteroatoms. The van der Waals surface area contributed by atoms with Crippen molar-refractivity contribution in [2.24, 2.45) is 0 Å². The first-order valence-electron chi connectivity index (χ1n) is 6.53. The minimum Gasteiger partial charge on any atom is -0.497 e. The lowest BCUT2D eigenvalue weighted by atomic mass is 10.2. The van der Waals surface area contributed by atoms with E-state index in [4.69, 9.17) is 4.74 Å². The van der Waals surface area contributed by atoms with Crippen molar-refractivity contribution in [3.8, 4) is 17.6 Å². The van der Waals surface area contributed by atoms with Gasteiger partial charge in [-0.25, -0.2) is 0 Å². The molecule has 114 valence electrons. The Bertz CT molecular complexity index is 654. The van der Waals surface area contributed by atoms with E-state index < -0.39 is 12.2 Å². The van der Waals surface area contributed by atoms with Crippen LogP contribution in [0.5, 0.6) is 5.75 Å². The van der Waals surface area contributed by atoms with Gasteiger partial charge in [0.2, 0.25) is 0 Å². The Morgan fingerprint density at radius 3 is 2.18 bits per heavy atom. The van der Waals surface area contributed by atoms with Gasteiger partial charge in [0.15, 0.2) is 6.04 Å². The van der Waals surface area contributed by atoms with Crippen LogP contribution in [0.15, 0.2) is 54.6 Å². The second-order valence-electron chi connectivity index (χ2n) is 4.48. The zero-order chi connectivity index (χ0) is 16.0. The second kappa shape index (κ2) is 6.90. The Morgan fingerprint density at radius 1 is 1.00 bits per heavy atom. The lowest BCUT2D eigenvalue weighted by Gasteiger charge is -2.17. The molecular weight excluding hydrogens is 291 g/mol. The van der Waals surface area contributed by atoms with E-state index in [1.165, 1.54) is 19.2 Å². The number of nitrogens with one attached hydrogen (secondary N) is 1. The summed E-state index contributed by atoms with van der Waals surface area (Å²) in [6.07, 6.45) is -4.47. The fourth-order valence-corrected chi connectivity index (χ4v) is 1.73. The lowest BCUT2D eigenvalue weighted by Crippen LogP contribution is -2.34. The third kappa shape index (κ3) is 4.45. The largest absolute Gasteiger partial charge is 0.497 e. The van der Waals surface area contributed by atoms with Crippen molar-refractivity contribution in [2.75, 3.05) is 12.4 Å². The van der Waals surface area contributed by atoms with Crippen LogP contribution in [0.2, 0.25) is 0 Å². The Balaban J connectivity index is 2.18. The summed E-state index contributed by atoms with van der Waals surface area (Å²) in [6, 6.07) is 12.8. The molecule has 22 heavy (non-hydrogen) atoms. The van der Waals surface area contributed by atoms with Gasteiger partial charge in [-0.3, -0.25) is 0 Å². The number of ether oxygens (including phenoxy) is 1. The van der Waals surface area contributed by atoms with Crippen molar-refractivity contribution in [3.05, 3.63) is 60.2 Å². The molecule has 0 aromatic heterocycles. The van der Waals surface area contributed by atoms with Gasteiger partial charge in [0.05, 0.1) is 7.11 Å². The minimum atomic E-state index is -4.47. The number of hydrogen-bond acceptors (Lipinski definition) is 2. The summed E-state index contributed by atoms with van der Waals surface area (Å²) in [5.41, 5.74) is 0.860. The van der Waals surface area contributed by atoms with Crippen LogP contribution in [-0.4, -0.2) is 19.3 Å². The van der Waals surface area contributed by atoms with Crippen molar-refractivity contribution in [3.63, 3.8) is 0 Å². The van der Waals surface area contributed by atoms with Crippen LogP contribution < -0.4 is 10.1 Å². The third-order valence-corrected chi connectivity index (χ3v) is 2.86. The molecule has 0 fully saturated rings. The average molecular weight is 305 g/mol. The van der Waals surface area contributed by atoms with Gasteiger partial charge in [-0.15, -0.1) is 0 Å². The summed E-state index contributed by atoms with van der Waals surface area (Å²) in [4.78, 5) is 0. The molecule has 2 aromatic carbocycles. The van der Waals surface area contributed by atoms with Crippen LogP contribution in [0.3, 0.4) is 0 Å². The van der Waals surface area contributed by atoms with Crippen molar-refractivity contribution >= 4 is 5.69 Å². The highest BCUT2D eigenvalue weighted by Crippen LogP contribution is 2.24. The maximum absolute atomic E-state index is 13.1. The zero-order valence-corrected chi connectivity index (χ0v) is 11.8. The highest BCUT2D eigenvalue weighted by Gasteiger charge is 2.38. The second-order valence-corrected chi connectivity index (χ2v) is 4.48. The molecule has 0 spiro atoms. The molecule has 2 nitrogen and oxygen atoms in total. The molecule has 0 amide bonds. The van der Waals surface area contributed by atoms with Crippen LogP contribution in [0.1, 0.15) is 5.56 Å². The van der Waals surface area contributed by atoms with Gasteiger partial charge in [0.1, 0.15) is 5.75 Å². The normalized spacial score (nSPS) is 12.0. The fraction of sp³-hybridized carbons (Fsp3) is 0.176. The Hall–Kier alpha value is -2.61. The topological polar surface area (TPSA) is 21.3 Å². The Morgan fingerprint density at radius 2 is 1.64 bits per heavy atom. The average Bonchev–Trinajstić information content (AvgIpc) is 2.52. The summed E-state index contributed by atoms with van der Waals surface area (Å²) < 4.78 is 44.2. The van der Waals surface area contributed by atoms with Crippen molar-refractivity contribution in [1.82, 2.24) is 0 Å². The summed E-state index contributed by atoms with van der Waals surface area (Å²) >= 11 is 0. The smallest absolute Gasteiger partial charge is 0.420 e. The standard InChI is InChI=1S/C17H14F3NO/c1-22-15-10-8-14(9-11-15)21-16(17(18,19)20)12-7-13-5-3-2-4-6-13/h2-6,8-11,16,21H,1H3/t16-/m0/s1. The summed E-state index contributed by atoms with van der Waals surface area (Å²) in [6.45, 7) is 0. The summed E-state index contributed by atoms with van der Waals surface area (Å²) in [5.74, 6) is 5.35. The summed E-state index contributed by atoms with van der Waals surface area (Å²) in [7, 11) is 1.49. The predicted octanol–water partition coefficient (Wildman–Crippen LogP) is 4.09. The van der Waals surface area contributed by atoms with Gasteiger partial charge in [0, 0.05) is 11.3 Å². The van der Waals surface area contributed by atoms with E-state index in [0.717, 1.165) is 0 Å². The van der Waals surface area contributed by atoms with Gasteiger partial charge >= 0.3 is 6.18 Å². The number of anilines is 1. The first-order chi connectivity index (χ1) is 10.5. The molecule has 1 atom stereocenters. The molecule has 0 aliphatic rings. The van der Waals surface area contributed by atoms with Gasteiger partial charge in [0.25, 0.3) is 0 Å². The van der Waals surface area contributed by atoms with Gasteiger partial charge in [-0.2, -0.15) is 13.2 Å². The van der Waals surface area contributed by atoms with E-state index in [2.05, 4.69) is 17.2 Å². The first-order valence-corrected chi connectivity index (χ1v) is 6.53. The van der Waals surface area contributed by atoms with Gasteiger partial charge < -0.3 is 10.1 Å². The van der Waals surface area contributed by atoms with Crippen LogP contribution >= 0.6 is 0 Å². The van der Waals surface area contributed by atoms with E-state index in [1.807, 2.05) is 0 Å². The summed E-state index contributed by atoms with van der Waals surface area (Å²) in [5, 5.41) is 2.39. The number of rotatable bonds is 3. The SMILES string of the molecule is COc1ccc(N[C@@H](C#Cc2ccccc2)C(F)(F)F)cc1. The predicted molar refractivity (Wildman–Crippen MR) is 79.8 cm³/mol. The van der Waals surface area contributed by atoms with E-state index in [-0.39, 0.29) is 0 Å². The molecule has 1 N–H and O–H groups in total. The van der Waals surface area contributed by atoms with Gasteiger partial charge in [-0.05, 0) is 36.4 Å². The van der Waals surface area contributed by atoms with E-state index in [9.17, 15) is 13.2 Å². The minimum absolute atomic E-state index is 0.325. The maximum atomic E-state index is 13.1. The molecule has 2 rings (SSSR count). The molecule has 0 radical (unpaired) electrons. The number of alkyl halides is 3. The first kappa shape index (κ1) is 15.8. The van der Waals surface area contributed by atoms with Gasteiger partial charge in [-0.1, -0.05) is 30.0 Å². The van der Waals surface area contributed by atoms with Crippen molar-refractivity contribution < 1.29 is 17.9 Å². The number of benzene rings is 2. The van der Waals surface area contributed by atoms with Crippen LogP contribution in [0.4, 0.5) is 18.9 Å². The molecule has 0 heterocycles. The van der Waals surface area contributed by atoms with Crippen LogP contribution in [0, 0.1) is 11.8 Å². The molecule has 0 aliphatic carbocycles. The molecular formula is C17H14F3NO. The molecule has 0 unspecified atom stereocenters. The highest BCUT2D eigenvalue weighted by atomic mass is 19.4. The van der Waals surface area contributed by atoms with E-state index in [0.29, 0.717) is 17.0 Å². The number of methoxy groups -OCH3 is 1.